The van der Waals surface area contributed by atoms with Crippen molar-refractivity contribution in [2.24, 2.45) is 12.5 Å². The van der Waals surface area contributed by atoms with Gasteiger partial charge in [-0.15, -0.1) is 0 Å². The second kappa shape index (κ2) is 11.9. The topological polar surface area (TPSA) is 126 Å². The van der Waals surface area contributed by atoms with Crippen LogP contribution in [0.15, 0.2) is 41.4 Å². The zero-order chi connectivity index (χ0) is 32.0. The maximum absolute atomic E-state index is 13.9. The number of aromatic nitrogens is 2. The van der Waals surface area contributed by atoms with Crippen LogP contribution < -0.4 is 19.8 Å². The first kappa shape index (κ1) is 31.2. The van der Waals surface area contributed by atoms with Gasteiger partial charge in [0.2, 0.25) is 10.0 Å². The number of hydrogen-bond acceptors (Lipinski definition) is 8. The maximum Gasteiger partial charge on any atom is 0.302 e. The van der Waals surface area contributed by atoms with Crippen molar-refractivity contribution in [2.75, 3.05) is 54.4 Å². The molecule has 1 saturated carbocycles. The van der Waals surface area contributed by atoms with E-state index in [0.717, 1.165) is 23.7 Å². The molecule has 3 aromatic rings. The quantitative estimate of drug-likeness (QED) is 0.261. The van der Waals surface area contributed by atoms with Gasteiger partial charge in [-0.3, -0.25) is 9.59 Å². The third-order valence-electron chi connectivity index (χ3n) is 9.22. The molecule has 6 rings (SSSR count). The van der Waals surface area contributed by atoms with Crippen LogP contribution in [-0.4, -0.2) is 75.1 Å². The molecule has 2 aliphatic heterocycles. The van der Waals surface area contributed by atoms with Gasteiger partial charge in [0.25, 0.3) is 11.8 Å². The predicted octanol–water partition coefficient (Wildman–Crippen LogP) is 4.28. The number of anilines is 3. The normalized spacial score (nSPS) is 19.1. The van der Waals surface area contributed by atoms with Crippen molar-refractivity contribution in [3.05, 3.63) is 42.1 Å². The lowest BCUT2D eigenvalue weighted by Gasteiger charge is -2.35. The number of benzene rings is 1. The van der Waals surface area contributed by atoms with E-state index in [1.807, 2.05) is 28.8 Å². The zero-order valence-electron chi connectivity index (χ0n) is 25.4. The van der Waals surface area contributed by atoms with Crippen LogP contribution in [-0.2, 0) is 26.6 Å². The molecule has 1 spiro atoms. The molecule has 45 heavy (non-hydrogen) atoms. The molecular weight excluding hydrogens is 606 g/mol. The Hall–Kier alpha value is -3.78. The van der Waals surface area contributed by atoms with E-state index in [-0.39, 0.29) is 49.8 Å². The van der Waals surface area contributed by atoms with Gasteiger partial charge in [-0.25, -0.2) is 26.9 Å². The van der Waals surface area contributed by atoms with E-state index in [0.29, 0.717) is 35.6 Å². The first-order valence-corrected chi connectivity index (χ1v) is 16.8. The van der Waals surface area contributed by atoms with Crippen molar-refractivity contribution in [2.45, 2.75) is 56.3 Å². The number of pyridine rings is 1. The second-order valence-corrected chi connectivity index (χ2v) is 14.2. The van der Waals surface area contributed by atoms with Crippen molar-refractivity contribution in [1.29, 1.82) is 0 Å². The summed E-state index contributed by atoms with van der Waals surface area (Å²) in [4.78, 5) is 33.5. The Balaban J connectivity index is 1.29. The Morgan fingerprint density at radius 3 is 2.33 bits per heavy atom. The van der Waals surface area contributed by atoms with E-state index in [4.69, 9.17) is 9.72 Å². The fourth-order valence-electron chi connectivity index (χ4n) is 6.30. The fraction of sp³-hybridized carbons (Fsp3) is 0.516. The van der Waals surface area contributed by atoms with Crippen molar-refractivity contribution in [3.8, 4) is 0 Å². The molecule has 11 nitrogen and oxygen atoms in total. The highest BCUT2D eigenvalue weighted by atomic mass is 32.2. The number of sulfonamides is 1. The molecule has 0 unspecified atom stereocenters. The summed E-state index contributed by atoms with van der Waals surface area (Å²) in [6, 6.07) is 8.03. The Labute approximate surface area is 261 Å². The van der Waals surface area contributed by atoms with Crippen LogP contribution in [0, 0.1) is 5.41 Å². The SMILES string of the molecule is CC(=O)OCCNS(=O)(=O)c1ccc(C(=O)Nc2cc3ccn(C)c3c(N3CCC(F)(F)CC3)n2)c(N2CCC3(CC2)CC3)c1. The summed E-state index contributed by atoms with van der Waals surface area (Å²) < 4.78 is 63.3. The molecule has 242 valence electrons. The van der Waals surface area contributed by atoms with Crippen LogP contribution in [0.2, 0.25) is 0 Å². The van der Waals surface area contributed by atoms with Crippen molar-refractivity contribution in [1.82, 2.24) is 14.3 Å². The van der Waals surface area contributed by atoms with Gasteiger partial charge >= 0.3 is 5.97 Å². The molecule has 1 amide bonds. The van der Waals surface area contributed by atoms with E-state index in [1.54, 1.807) is 6.07 Å². The minimum atomic E-state index is -3.95. The second-order valence-electron chi connectivity index (χ2n) is 12.4. The molecule has 2 aromatic heterocycles. The largest absolute Gasteiger partial charge is 0.464 e. The highest BCUT2D eigenvalue weighted by Gasteiger charge is 2.45. The van der Waals surface area contributed by atoms with E-state index in [9.17, 15) is 26.8 Å². The number of carbonyl (C=O) groups excluding carboxylic acids is 2. The summed E-state index contributed by atoms with van der Waals surface area (Å²) in [7, 11) is -2.09. The maximum atomic E-state index is 13.9. The number of alkyl halides is 2. The Bertz CT molecular complexity index is 1720. The number of hydrogen-bond donors (Lipinski definition) is 2. The molecule has 4 heterocycles. The zero-order valence-corrected chi connectivity index (χ0v) is 26.3. The molecule has 0 radical (unpaired) electrons. The van der Waals surface area contributed by atoms with Crippen molar-refractivity contribution < 1.29 is 31.5 Å². The molecule has 2 N–H and O–H groups in total. The highest BCUT2D eigenvalue weighted by molar-refractivity contribution is 7.89. The number of halogens is 2. The molecule has 14 heteroatoms. The smallest absolute Gasteiger partial charge is 0.302 e. The number of rotatable bonds is 9. The van der Waals surface area contributed by atoms with Crippen molar-refractivity contribution in [3.63, 3.8) is 0 Å². The standard InChI is InChI=1S/C31H38F2N6O5S/c1-21(40)44-18-12-34-45(42,43)23-3-4-24(25(20-23)38-14-8-30(6-7-30)9-15-38)29(41)36-26-19-22-5-13-37(2)27(22)28(35-26)39-16-10-31(32,33)11-17-39/h3-5,13,19-20,34H,6-12,14-18H2,1-2H3,(H,35,36,41). The first-order chi connectivity index (χ1) is 21.3. The molecule has 2 saturated heterocycles. The minimum absolute atomic E-state index is 0.00315. The van der Waals surface area contributed by atoms with Gasteiger partial charge in [0.05, 0.1) is 21.7 Å². The van der Waals surface area contributed by atoms with E-state index < -0.39 is 27.8 Å². The fourth-order valence-corrected chi connectivity index (χ4v) is 7.33. The predicted molar refractivity (Wildman–Crippen MR) is 166 cm³/mol. The Morgan fingerprint density at radius 2 is 1.67 bits per heavy atom. The third kappa shape index (κ3) is 6.76. The van der Waals surface area contributed by atoms with Gasteiger partial charge in [-0.1, -0.05) is 0 Å². The van der Waals surface area contributed by atoms with Gasteiger partial charge in [0.15, 0.2) is 5.82 Å². The molecule has 0 bridgehead atoms. The number of carbonyl (C=O) groups is 2. The minimum Gasteiger partial charge on any atom is -0.464 e. The molecule has 1 aromatic carbocycles. The summed E-state index contributed by atoms with van der Waals surface area (Å²) in [5.41, 5.74) is 1.96. The number of nitrogens with zero attached hydrogens (tertiary/aromatic N) is 4. The first-order valence-electron chi connectivity index (χ1n) is 15.3. The van der Waals surface area contributed by atoms with Gasteiger partial charge in [-0.05, 0) is 61.4 Å². The van der Waals surface area contributed by atoms with Crippen LogP contribution in [0.3, 0.4) is 0 Å². The van der Waals surface area contributed by atoms with Gasteiger partial charge in [0, 0.05) is 71.1 Å². The number of ether oxygens (including phenoxy) is 1. The average molecular weight is 645 g/mol. The summed E-state index contributed by atoms with van der Waals surface area (Å²) in [6.45, 7) is 2.74. The lowest BCUT2D eigenvalue weighted by atomic mass is 9.93. The van der Waals surface area contributed by atoms with E-state index >= 15 is 0 Å². The van der Waals surface area contributed by atoms with Gasteiger partial charge < -0.3 is 24.4 Å². The third-order valence-corrected chi connectivity index (χ3v) is 10.7. The lowest BCUT2D eigenvalue weighted by molar-refractivity contribution is -0.140. The van der Waals surface area contributed by atoms with Crippen LogP contribution in [0.5, 0.6) is 0 Å². The number of amides is 1. The molecule has 1 aliphatic carbocycles. The monoisotopic (exact) mass is 644 g/mol. The summed E-state index contributed by atoms with van der Waals surface area (Å²) in [6.07, 6.45) is 5.64. The van der Waals surface area contributed by atoms with Gasteiger partial charge in [0.1, 0.15) is 12.4 Å². The molecule has 3 fully saturated rings. The summed E-state index contributed by atoms with van der Waals surface area (Å²) in [5.74, 6) is -2.87. The van der Waals surface area contributed by atoms with Crippen molar-refractivity contribution >= 4 is 50.1 Å². The summed E-state index contributed by atoms with van der Waals surface area (Å²) >= 11 is 0. The molecule has 0 atom stereocenters. The van der Waals surface area contributed by atoms with Crippen LogP contribution in [0.4, 0.5) is 26.1 Å². The molecular formula is C31H38F2N6O5S. The average Bonchev–Trinajstić information content (AvgIpc) is 3.65. The lowest BCUT2D eigenvalue weighted by Crippen LogP contribution is -2.40. The number of fused-ring (bicyclic) bond motifs is 1. The summed E-state index contributed by atoms with van der Waals surface area (Å²) in [5, 5.41) is 3.71. The number of piperidine rings is 2. The number of nitrogens with one attached hydrogen (secondary N) is 2. The Morgan fingerprint density at radius 1 is 0.978 bits per heavy atom. The highest BCUT2D eigenvalue weighted by Crippen LogP contribution is 2.54. The van der Waals surface area contributed by atoms with Crippen LogP contribution >= 0.6 is 0 Å². The Kier molecular flexibility index (Phi) is 8.23. The number of aryl methyl sites for hydroxylation is 1. The number of esters is 1. The van der Waals surface area contributed by atoms with E-state index in [1.165, 1.54) is 38.0 Å². The van der Waals surface area contributed by atoms with Crippen LogP contribution in [0.1, 0.15) is 55.8 Å². The molecule has 3 aliphatic rings. The van der Waals surface area contributed by atoms with E-state index in [2.05, 4.69) is 14.9 Å². The van der Waals surface area contributed by atoms with Gasteiger partial charge in [-0.2, -0.15) is 0 Å². The van der Waals surface area contributed by atoms with Crippen LogP contribution in [0.25, 0.3) is 10.9 Å².